The maximum absolute atomic E-state index is 14.8. The van der Waals surface area contributed by atoms with Gasteiger partial charge in [-0.25, -0.2) is 12.8 Å². The van der Waals surface area contributed by atoms with Crippen LogP contribution in [0.4, 0.5) is 10.1 Å². The molecule has 0 bridgehead atoms. The molecule has 0 unspecified atom stereocenters. The normalized spacial score (nSPS) is 12.2. The smallest absolute Gasteiger partial charge is 0.244 e. The number of nitrogens with one attached hydrogen (secondary N) is 1. The summed E-state index contributed by atoms with van der Waals surface area (Å²) in [7, 11) is -3.89. The van der Waals surface area contributed by atoms with Gasteiger partial charge in [0, 0.05) is 25.1 Å². The van der Waals surface area contributed by atoms with Crippen LogP contribution < -0.4 is 9.62 Å². The van der Waals surface area contributed by atoms with Gasteiger partial charge in [0.15, 0.2) is 0 Å². The van der Waals surface area contributed by atoms with Crippen molar-refractivity contribution >= 4 is 27.5 Å². The predicted molar refractivity (Wildman–Crippen MR) is 157 cm³/mol. The Morgan fingerprint density at radius 3 is 2.17 bits per heavy atom. The Morgan fingerprint density at radius 1 is 0.925 bits per heavy atom. The molecule has 0 aliphatic heterocycles. The first-order chi connectivity index (χ1) is 19.0. The summed E-state index contributed by atoms with van der Waals surface area (Å²) >= 11 is 0. The SMILES string of the molecule is CCCNC(=O)[C@H](Cc1ccccc1)N(Cc1ccccc1F)C(=O)CN(c1ccccc1C(C)C)S(C)(=O)=O. The Kier molecular flexibility index (Phi) is 10.8. The van der Waals surface area contributed by atoms with Gasteiger partial charge < -0.3 is 10.2 Å². The van der Waals surface area contributed by atoms with Crippen LogP contribution in [0.5, 0.6) is 0 Å². The van der Waals surface area contributed by atoms with Gasteiger partial charge in [-0.1, -0.05) is 87.5 Å². The molecule has 1 N–H and O–H groups in total. The van der Waals surface area contributed by atoms with Crippen molar-refractivity contribution in [1.82, 2.24) is 10.2 Å². The molecule has 40 heavy (non-hydrogen) atoms. The Morgan fingerprint density at radius 2 is 1.55 bits per heavy atom. The second-order valence-electron chi connectivity index (χ2n) is 10.1. The molecule has 3 aromatic carbocycles. The lowest BCUT2D eigenvalue weighted by Crippen LogP contribution is -2.53. The molecule has 0 spiro atoms. The zero-order valence-electron chi connectivity index (χ0n) is 23.5. The maximum atomic E-state index is 14.8. The molecule has 0 radical (unpaired) electrons. The average molecular weight is 568 g/mol. The molecular formula is C31H38FN3O4S. The van der Waals surface area contributed by atoms with E-state index < -0.39 is 34.3 Å². The number of halogens is 1. The van der Waals surface area contributed by atoms with E-state index in [1.54, 1.807) is 30.3 Å². The summed E-state index contributed by atoms with van der Waals surface area (Å²) in [6.45, 7) is 5.47. The van der Waals surface area contributed by atoms with Gasteiger partial charge in [-0.2, -0.15) is 0 Å². The van der Waals surface area contributed by atoms with Crippen LogP contribution in [0.25, 0.3) is 0 Å². The number of nitrogens with zero attached hydrogens (tertiary/aromatic N) is 2. The minimum atomic E-state index is -3.89. The molecule has 7 nitrogen and oxygen atoms in total. The third kappa shape index (κ3) is 8.14. The molecule has 0 heterocycles. The van der Waals surface area contributed by atoms with Gasteiger partial charge in [0.05, 0.1) is 11.9 Å². The van der Waals surface area contributed by atoms with E-state index in [-0.39, 0.29) is 30.4 Å². The highest BCUT2D eigenvalue weighted by atomic mass is 32.2. The zero-order valence-corrected chi connectivity index (χ0v) is 24.3. The highest BCUT2D eigenvalue weighted by Crippen LogP contribution is 2.29. The summed E-state index contributed by atoms with van der Waals surface area (Å²) < 4.78 is 42.0. The van der Waals surface area contributed by atoms with Crippen molar-refractivity contribution in [3.05, 3.63) is 101 Å². The number of hydrogen-bond acceptors (Lipinski definition) is 4. The van der Waals surface area contributed by atoms with Gasteiger partial charge in [-0.05, 0) is 35.6 Å². The summed E-state index contributed by atoms with van der Waals surface area (Å²) in [6.07, 6.45) is 1.92. The van der Waals surface area contributed by atoms with E-state index in [0.29, 0.717) is 18.7 Å². The highest BCUT2D eigenvalue weighted by molar-refractivity contribution is 7.92. The van der Waals surface area contributed by atoms with E-state index in [2.05, 4.69) is 5.32 Å². The first-order valence-corrected chi connectivity index (χ1v) is 15.3. The number of carbonyl (C=O) groups is 2. The molecule has 9 heteroatoms. The van der Waals surface area contributed by atoms with Crippen LogP contribution in [0.3, 0.4) is 0 Å². The van der Waals surface area contributed by atoms with Crippen LogP contribution in [0, 0.1) is 5.82 Å². The fourth-order valence-electron chi connectivity index (χ4n) is 4.53. The monoisotopic (exact) mass is 567 g/mol. The third-order valence-electron chi connectivity index (χ3n) is 6.63. The average Bonchev–Trinajstić information content (AvgIpc) is 2.93. The van der Waals surface area contributed by atoms with Crippen molar-refractivity contribution in [2.45, 2.75) is 52.1 Å². The summed E-state index contributed by atoms with van der Waals surface area (Å²) in [5, 5.41) is 2.87. The lowest BCUT2D eigenvalue weighted by atomic mass is 10.0. The number of para-hydroxylation sites is 1. The van der Waals surface area contributed by atoms with E-state index in [9.17, 15) is 22.4 Å². The molecule has 0 aromatic heterocycles. The highest BCUT2D eigenvalue weighted by Gasteiger charge is 2.34. The second-order valence-corrected chi connectivity index (χ2v) is 12.0. The van der Waals surface area contributed by atoms with Gasteiger partial charge in [-0.3, -0.25) is 13.9 Å². The quantitative estimate of drug-likeness (QED) is 0.319. The van der Waals surface area contributed by atoms with E-state index >= 15 is 0 Å². The zero-order chi connectivity index (χ0) is 29.3. The Hall–Kier alpha value is -3.72. The van der Waals surface area contributed by atoms with Gasteiger partial charge >= 0.3 is 0 Å². The van der Waals surface area contributed by atoms with Gasteiger partial charge in [0.1, 0.15) is 18.4 Å². The number of anilines is 1. The molecule has 0 fully saturated rings. The van der Waals surface area contributed by atoms with Gasteiger partial charge in [0.25, 0.3) is 0 Å². The number of amides is 2. The lowest BCUT2D eigenvalue weighted by molar-refractivity contribution is -0.140. The molecule has 214 valence electrons. The summed E-state index contributed by atoms with van der Waals surface area (Å²) in [6, 6.07) is 21.3. The first-order valence-electron chi connectivity index (χ1n) is 13.4. The molecule has 0 aliphatic carbocycles. The number of rotatable bonds is 13. The summed E-state index contributed by atoms with van der Waals surface area (Å²) in [4.78, 5) is 28.9. The van der Waals surface area contributed by atoms with Crippen LogP contribution in [0.1, 0.15) is 49.8 Å². The summed E-state index contributed by atoms with van der Waals surface area (Å²) in [5.74, 6) is -1.52. The van der Waals surface area contributed by atoms with Crippen molar-refractivity contribution in [3.63, 3.8) is 0 Å². The standard InChI is InChI=1S/C31H38FN3O4S/c1-5-19-33-31(37)29(20-24-13-7-6-8-14-24)34(21-25-15-9-11-17-27(25)32)30(36)22-35(40(4,38)39)28-18-12-10-16-26(28)23(2)3/h6-18,23,29H,5,19-22H2,1-4H3,(H,33,37)/t29-/m0/s1. The van der Waals surface area contributed by atoms with Crippen molar-refractivity contribution in [2.75, 3.05) is 23.7 Å². The number of sulfonamides is 1. The van der Waals surface area contributed by atoms with E-state index in [4.69, 9.17) is 0 Å². The number of benzene rings is 3. The topological polar surface area (TPSA) is 86.8 Å². The predicted octanol–water partition coefficient (Wildman–Crippen LogP) is 4.88. The van der Waals surface area contributed by atoms with Gasteiger partial charge in [0.2, 0.25) is 21.8 Å². The van der Waals surface area contributed by atoms with Crippen molar-refractivity contribution in [2.24, 2.45) is 0 Å². The lowest BCUT2D eigenvalue weighted by Gasteiger charge is -2.34. The van der Waals surface area contributed by atoms with E-state index in [1.165, 1.54) is 11.0 Å². The number of hydrogen-bond donors (Lipinski definition) is 1. The van der Waals surface area contributed by atoms with Crippen LogP contribution >= 0.6 is 0 Å². The molecule has 3 aromatic rings. The molecule has 0 saturated carbocycles. The van der Waals surface area contributed by atoms with Crippen molar-refractivity contribution in [3.8, 4) is 0 Å². The van der Waals surface area contributed by atoms with Crippen LogP contribution in [-0.4, -0.2) is 50.5 Å². The third-order valence-corrected chi connectivity index (χ3v) is 7.75. The van der Waals surface area contributed by atoms with Crippen molar-refractivity contribution < 1.29 is 22.4 Å². The van der Waals surface area contributed by atoms with Crippen LogP contribution in [-0.2, 0) is 32.6 Å². The molecule has 3 rings (SSSR count). The number of carbonyl (C=O) groups excluding carboxylic acids is 2. The van der Waals surface area contributed by atoms with Gasteiger partial charge in [-0.15, -0.1) is 0 Å². The minimum Gasteiger partial charge on any atom is -0.354 e. The Balaban J connectivity index is 2.09. The fourth-order valence-corrected chi connectivity index (χ4v) is 5.40. The fraction of sp³-hybridized carbons (Fsp3) is 0.355. The minimum absolute atomic E-state index is 0.00396. The first kappa shape index (κ1) is 30.8. The van der Waals surface area contributed by atoms with Crippen LogP contribution in [0.2, 0.25) is 0 Å². The second kappa shape index (κ2) is 14.1. The maximum Gasteiger partial charge on any atom is 0.244 e. The summed E-state index contributed by atoms with van der Waals surface area (Å²) in [5.41, 5.74) is 2.21. The molecule has 2 amide bonds. The molecule has 0 aliphatic rings. The van der Waals surface area contributed by atoms with Crippen molar-refractivity contribution in [1.29, 1.82) is 0 Å². The molecular weight excluding hydrogens is 529 g/mol. The van der Waals surface area contributed by atoms with E-state index in [0.717, 1.165) is 21.7 Å². The molecule has 1 atom stereocenters. The van der Waals surface area contributed by atoms with E-state index in [1.807, 2.05) is 63.2 Å². The largest absolute Gasteiger partial charge is 0.354 e. The van der Waals surface area contributed by atoms with Crippen LogP contribution in [0.15, 0.2) is 78.9 Å². The Labute approximate surface area is 237 Å². The molecule has 0 saturated heterocycles. The Bertz CT molecular complexity index is 1400.